The average Bonchev–Trinajstić information content (AvgIpc) is 2.30. The van der Waals surface area contributed by atoms with Gasteiger partial charge in [-0.25, -0.2) is 0 Å². The maximum atomic E-state index is 10.9. The number of methoxy groups -OCH3 is 2. The van der Waals surface area contributed by atoms with Crippen LogP contribution >= 0.6 is 11.8 Å². The highest BCUT2D eigenvalue weighted by molar-refractivity contribution is 8.00. The van der Waals surface area contributed by atoms with E-state index in [0.717, 1.165) is 10.5 Å². The molecule has 0 saturated carbocycles. The first kappa shape index (κ1) is 13.7. The van der Waals surface area contributed by atoms with E-state index in [1.807, 2.05) is 13.0 Å². The van der Waals surface area contributed by atoms with Crippen LogP contribution in [0.5, 0.6) is 11.5 Å². The zero-order valence-corrected chi connectivity index (χ0v) is 11.1. The summed E-state index contributed by atoms with van der Waals surface area (Å²) in [6.07, 6.45) is 0. The summed E-state index contributed by atoms with van der Waals surface area (Å²) in [4.78, 5) is 11.7. The molecule has 1 aromatic rings. The van der Waals surface area contributed by atoms with E-state index < -0.39 is 11.2 Å². The molecule has 0 aliphatic heterocycles. The van der Waals surface area contributed by atoms with E-state index in [-0.39, 0.29) is 0 Å². The third-order valence-corrected chi connectivity index (χ3v) is 3.63. The molecule has 0 aliphatic carbocycles. The van der Waals surface area contributed by atoms with Crippen molar-refractivity contribution in [3.8, 4) is 11.5 Å². The molecule has 1 N–H and O–H groups in total. The number of thioether (sulfide) groups is 1. The molecule has 0 spiro atoms. The van der Waals surface area contributed by atoms with Gasteiger partial charge in [-0.05, 0) is 25.5 Å². The smallest absolute Gasteiger partial charge is 0.316 e. The first-order valence-corrected chi connectivity index (χ1v) is 5.99. The van der Waals surface area contributed by atoms with Crippen molar-refractivity contribution in [1.29, 1.82) is 0 Å². The molecule has 1 rings (SSSR count). The van der Waals surface area contributed by atoms with E-state index in [4.69, 9.17) is 14.6 Å². The van der Waals surface area contributed by atoms with Gasteiger partial charge in [0.15, 0.2) is 0 Å². The van der Waals surface area contributed by atoms with Gasteiger partial charge in [-0.3, -0.25) is 4.79 Å². The molecule has 0 saturated heterocycles. The Bertz CT molecular complexity index is 417. The van der Waals surface area contributed by atoms with Crippen molar-refractivity contribution in [2.45, 2.75) is 24.0 Å². The van der Waals surface area contributed by atoms with Gasteiger partial charge in [0, 0.05) is 6.07 Å². The number of carboxylic acid groups (broad SMARTS) is 1. The van der Waals surface area contributed by atoms with E-state index >= 15 is 0 Å². The van der Waals surface area contributed by atoms with Crippen LogP contribution in [0.25, 0.3) is 0 Å². The van der Waals surface area contributed by atoms with Crippen LogP contribution < -0.4 is 9.47 Å². The van der Waals surface area contributed by atoms with Gasteiger partial charge in [-0.15, -0.1) is 11.8 Å². The van der Waals surface area contributed by atoms with Crippen LogP contribution in [0.2, 0.25) is 0 Å². The lowest BCUT2D eigenvalue weighted by atomic mass is 10.2. The lowest BCUT2D eigenvalue weighted by molar-refractivity contribution is -0.136. The van der Waals surface area contributed by atoms with Crippen LogP contribution in [-0.4, -0.2) is 30.5 Å². The molecule has 5 heteroatoms. The highest BCUT2D eigenvalue weighted by Gasteiger charge is 2.18. The zero-order valence-electron chi connectivity index (χ0n) is 10.3. The highest BCUT2D eigenvalue weighted by atomic mass is 32.2. The lowest BCUT2D eigenvalue weighted by Gasteiger charge is -2.14. The van der Waals surface area contributed by atoms with Crippen LogP contribution in [0, 0.1) is 6.92 Å². The summed E-state index contributed by atoms with van der Waals surface area (Å²) >= 11 is 1.27. The molecule has 1 unspecified atom stereocenters. The van der Waals surface area contributed by atoms with Crippen LogP contribution in [0.1, 0.15) is 12.5 Å². The number of rotatable bonds is 5. The lowest BCUT2D eigenvalue weighted by Crippen LogP contribution is -2.11. The Kier molecular flexibility index (Phi) is 4.69. The normalized spacial score (nSPS) is 12.0. The van der Waals surface area contributed by atoms with Gasteiger partial charge in [0.2, 0.25) is 0 Å². The third kappa shape index (κ3) is 3.30. The minimum absolute atomic E-state index is 0.518. The summed E-state index contributed by atoms with van der Waals surface area (Å²) in [5, 5.41) is 8.39. The molecule has 0 bridgehead atoms. The van der Waals surface area contributed by atoms with Crippen molar-refractivity contribution in [2.75, 3.05) is 14.2 Å². The van der Waals surface area contributed by atoms with E-state index in [9.17, 15) is 4.79 Å². The predicted octanol–water partition coefficient (Wildman–Crippen LogP) is 2.58. The SMILES string of the molecule is COc1cc(C)c(SC(C)C(=O)O)c(OC)c1. The zero-order chi connectivity index (χ0) is 13.0. The van der Waals surface area contributed by atoms with Crippen LogP contribution in [0.4, 0.5) is 0 Å². The maximum absolute atomic E-state index is 10.9. The predicted molar refractivity (Wildman–Crippen MR) is 67.2 cm³/mol. The molecular formula is C12H16O4S. The Labute approximate surface area is 105 Å². The molecule has 94 valence electrons. The first-order chi connectivity index (χ1) is 7.99. The van der Waals surface area contributed by atoms with E-state index in [1.165, 1.54) is 11.8 Å². The number of hydrogen-bond acceptors (Lipinski definition) is 4. The number of ether oxygens (including phenoxy) is 2. The molecule has 17 heavy (non-hydrogen) atoms. The second kappa shape index (κ2) is 5.82. The summed E-state index contributed by atoms with van der Waals surface area (Å²) in [6.45, 7) is 3.55. The van der Waals surface area contributed by atoms with Crippen molar-refractivity contribution in [2.24, 2.45) is 0 Å². The standard InChI is InChI=1S/C12H16O4S/c1-7-5-9(15-3)6-10(16-4)11(7)17-8(2)12(13)14/h5-6,8H,1-4H3,(H,13,14). The minimum atomic E-state index is -0.840. The van der Waals surface area contributed by atoms with Gasteiger partial charge >= 0.3 is 5.97 Å². The van der Waals surface area contributed by atoms with Gasteiger partial charge < -0.3 is 14.6 Å². The average molecular weight is 256 g/mol. The Morgan fingerprint density at radius 1 is 1.35 bits per heavy atom. The van der Waals surface area contributed by atoms with E-state index in [2.05, 4.69) is 0 Å². The van der Waals surface area contributed by atoms with Crippen molar-refractivity contribution < 1.29 is 19.4 Å². The second-order valence-electron chi connectivity index (χ2n) is 3.57. The fourth-order valence-electron chi connectivity index (χ4n) is 1.36. The largest absolute Gasteiger partial charge is 0.497 e. The molecule has 1 aromatic carbocycles. The van der Waals surface area contributed by atoms with Gasteiger partial charge in [0.1, 0.15) is 16.7 Å². The van der Waals surface area contributed by atoms with E-state index in [0.29, 0.717) is 11.5 Å². The number of aliphatic carboxylic acids is 1. The fraction of sp³-hybridized carbons (Fsp3) is 0.417. The van der Waals surface area contributed by atoms with Gasteiger partial charge in [0.05, 0.1) is 19.1 Å². The Morgan fingerprint density at radius 2 is 2.00 bits per heavy atom. The van der Waals surface area contributed by atoms with Gasteiger partial charge in [-0.1, -0.05) is 0 Å². The fourth-order valence-corrected chi connectivity index (χ4v) is 2.31. The maximum Gasteiger partial charge on any atom is 0.316 e. The van der Waals surface area contributed by atoms with Crippen LogP contribution in [-0.2, 0) is 4.79 Å². The van der Waals surface area contributed by atoms with Crippen molar-refractivity contribution >= 4 is 17.7 Å². The van der Waals surface area contributed by atoms with Crippen LogP contribution in [0.15, 0.2) is 17.0 Å². The van der Waals surface area contributed by atoms with Crippen molar-refractivity contribution in [1.82, 2.24) is 0 Å². The first-order valence-electron chi connectivity index (χ1n) is 5.11. The Hall–Kier alpha value is -1.36. The molecule has 0 radical (unpaired) electrons. The minimum Gasteiger partial charge on any atom is -0.497 e. The molecule has 0 aromatic heterocycles. The molecule has 0 amide bonds. The van der Waals surface area contributed by atoms with Crippen molar-refractivity contribution in [3.05, 3.63) is 17.7 Å². The quantitative estimate of drug-likeness (QED) is 0.821. The van der Waals surface area contributed by atoms with Crippen LogP contribution in [0.3, 0.4) is 0 Å². The topological polar surface area (TPSA) is 55.8 Å². The number of benzene rings is 1. The second-order valence-corrected chi connectivity index (χ2v) is 4.93. The number of carbonyl (C=O) groups is 1. The molecule has 0 heterocycles. The molecule has 4 nitrogen and oxygen atoms in total. The summed E-state index contributed by atoms with van der Waals surface area (Å²) in [5.41, 5.74) is 0.944. The molecular weight excluding hydrogens is 240 g/mol. The molecule has 0 fully saturated rings. The third-order valence-electron chi connectivity index (χ3n) is 2.31. The summed E-state index contributed by atoms with van der Waals surface area (Å²) in [5.74, 6) is 0.499. The Morgan fingerprint density at radius 3 is 2.47 bits per heavy atom. The number of aryl methyl sites for hydroxylation is 1. The van der Waals surface area contributed by atoms with E-state index in [1.54, 1.807) is 27.2 Å². The summed E-state index contributed by atoms with van der Waals surface area (Å²) in [7, 11) is 3.14. The number of hydrogen-bond donors (Lipinski definition) is 1. The summed E-state index contributed by atoms with van der Waals surface area (Å²) in [6, 6.07) is 3.61. The van der Waals surface area contributed by atoms with Gasteiger partial charge in [-0.2, -0.15) is 0 Å². The molecule has 1 atom stereocenters. The van der Waals surface area contributed by atoms with Gasteiger partial charge in [0.25, 0.3) is 0 Å². The molecule has 0 aliphatic rings. The highest BCUT2D eigenvalue weighted by Crippen LogP contribution is 2.38. The Balaban J connectivity index is 3.09. The number of carboxylic acids is 1. The van der Waals surface area contributed by atoms with Crippen molar-refractivity contribution in [3.63, 3.8) is 0 Å². The summed E-state index contributed by atoms with van der Waals surface area (Å²) < 4.78 is 10.4. The monoisotopic (exact) mass is 256 g/mol.